The van der Waals surface area contributed by atoms with Crippen LogP contribution in [0.3, 0.4) is 0 Å². The summed E-state index contributed by atoms with van der Waals surface area (Å²) in [5, 5.41) is 12.0. The van der Waals surface area contributed by atoms with Crippen LogP contribution in [-0.4, -0.2) is 66.0 Å². The Morgan fingerprint density at radius 3 is 2.42 bits per heavy atom. The van der Waals surface area contributed by atoms with Crippen LogP contribution < -0.4 is 11.1 Å². The van der Waals surface area contributed by atoms with Gasteiger partial charge in [0.2, 0.25) is 11.8 Å². The van der Waals surface area contributed by atoms with Crippen molar-refractivity contribution in [2.24, 2.45) is 5.73 Å². The molecule has 2 rings (SSSR count). The Labute approximate surface area is 154 Å². The van der Waals surface area contributed by atoms with Crippen LogP contribution in [0.5, 0.6) is 5.75 Å². The third-order valence-electron chi connectivity index (χ3n) is 3.66. The fourth-order valence-electron chi connectivity index (χ4n) is 2.43. The van der Waals surface area contributed by atoms with Crippen molar-refractivity contribution in [3.8, 4) is 5.75 Å². The highest BCUT2D eigenvalue weighted by molar-refractivity contribution is 5.86. The lowest BCUT2D eigenvalue weighted by molar-refractivity contribution is -0.134. The summed E-state index contributed by atoms with van der Waals surface area (Å²) in [6, 6.07) is 7.19. The fourth-order valence-corrected chi connectivity index (χ4v) is 2.43. The minimum absolute atomic E-state index is 0. The van der Waals surface area contributed by atoms with Crippen LogP contribution >= 0.6 is 24.8 Å². The van der Waals surface area contributed by atoms with Gasteiger partial charge in [0.25, 0.3) is 0 Å². The molecule has 1 aromatic rings. The van der Waals surface area contributed by atoms with Crippen molar-refractivity contribution in [3.63, 3.8) is 0 Å². The van der Waals surface area contributed by atoms with E-state index in [1.807, 2.05) is 12.1 Å². The van der Waals surface area contributed by atoms with Crippen molar-refractivity contribution in [2.75, 3.05) is 39.3 Å². The van der Waals surface area contributed by atoms with Gasteiger partial charge in [-0.15, -0.1) is 24.8 Å². The number of rotatable bonds is 5. The lowest BCUT2D eigenvalue weighted by atomic mass is 10.2. The maximum absolute atomic E-state index is 11.9. The Morgan fingerprint density at radius 1 is 1.17 bits per heavy atom. The molecular formula is C15H24Cl2N4O3. The zero-order valence-corrected chi connectivity index (χ0v) is 14.9. The zero-order chi connectivity index (χ0) is 15.9. The van der Waals surface area contributed by atoms with Crippen LogP contribution in [0.4, 0.5) is 0 Å². The van der Waals surface area contributed by atoms with Gasteiger partial charge in [0.05, 0.1) is 13.1 Å². The van der Waals surface area contributed by atoms with Gasteiger partial charge < -0.3 is 21.1 Å². The summed E-state index contributed by atoms with van der Waals surface area (Å²) in [5.74, 6) is -0.142. The lowest BCUT2D eigenvalue weighted by Gasteiger charge is -2.34. The number of nitrogens with two attached hydrogens (primary N) is 1. The molecule has 24 heavy (non-hydrogen) atoms. The average molecular weight is 379 g/mol. The predicted molar refractivity (Wildman–Crippen MR) is 96.5 cm³/mol. The monoisotopic (exact) mass is 378 g/mol. The summed E-state index contributed by atoms with van der Waals surface area (Å²) in [5.41, 5.74) is 6.23. The first-order chi connectivity index (χ1) is 10.6. The molecule has 1 aliphatic heterocycles. The summed E-state index contributed by atoms with van der Waals surface area (Å²) in [4.78, 5) is 27.0. The molecule has 0 unspecified atom stereocenters. The SMILES string of the molecule is Cl.Cl.NCC(=O)NCC(=O)N1CCN(Cc2cccc(O)c2)CC1. The second-order valence-electron chi connectivity index (χ2n) is 5.31. The van der Waals surface area contributed by atoms with Gasteiger partial charge >= 0.3 is 0 Å². The molecule has 1 aromatic carbocycles. The van der Waals surface area contributed by atoms with E-state index in [4.69, 9.17) is 5.73 Å². The van der Waals surface area contributed by atoms with Crippen LogP contribution in [0.25, 0.3) is 0 Å². The number of phenolic OH excluding ortho intramolecular Hbond substituents is 1. The second-order valence-corrected chi connectivity index (χ2v) is 5.31. The zero-order valence-electron chi connectivity index (χ0n) is 13.3. The predicted octanol–water partition coefficient (Wildman–Crippen LogP) is -0.0451. The van der Waals surface area contributed by atoms with Crippen molar-refractivity contribution < 1.29 is 14.7 Å². The molecule has 0 bridgehead atoms. The van der Waals surface area contributed by atoms with Crippen LogP contribution in [-0.2, 0) is 16.1 Å². The van der Waals surface area contributed by atoms with E-state index < -0.39 is 0 Å². The molecule has 1 saturated heterocycles. The summed E-state index contributed by atoms with van der Waals surface area (Å²) >= 11 is 0. The van der Waals surface area contributed by atoms with Crippen molar-refractivity contribution in [3.05, 3.63) is 29.8 Å². The quantitative estimate of drug-likeness (QED) is 0.667. The molecule has 7 nitrogen and oxygen atoms in total. The Bertz CT molecular complexity index is 537. The highest BCUT2D eigenvalue weighted by atomic mass is 35.5. The number of amides is 2. The van der Waals surface area contributed by atoms with Crippen LogP contribution in [0.1, 0.15) is 5.56 Å². The molecule has 1 fully saturated rings. The number of carbonyl (C=O) groups is 2. The first-order valence-electron chi connectivity index (χ1n) is 7.33. The Hall–Kier alpha value is -1.54. The van der Waals surface area contributed by atoms with Gasteiger partial charge in [-0.25, -0.2) is 0 Å². The number of carbonyl (C=O) groups excluding carboxylic acids is 2. The molecule has 136 valence electrons. The van der Waals surface area contributed by atoms with E-state index >= 15 is 0 Å². The molecule has 0 spiro atoms. The Morgan fingerprint density at radius 2 is 1.83 bits per heavy atom. The topological polar surface area (TPSA) is 98.9 Å². The maximum atomic E-state index is 11.9. The number of phenols is 1. The number of nitrogens with one attached hydrogen (secondary N) is 1. The summed E-state index contributed by atoms with van der Waals surface area (Å²) < 4.78 is 0. The maximum Gasteiger partial charge on any atom is 0.242 e. The van der Waals surface area contributed by atoms with E-state index in [0.29, 0.717) is 13.1 Å². The summed E-state index contributed by atoms with van der Waals surface area (Å²) in [7, 11) is 0. The molecule has 9 heteroatoms. The third kappa shape index (κ3) is 6.92. The highest BCUT2D eigenvalue weighted by Crippen LogP contribution is 2.14. The van der Waals surface area contributed by atoms with Gasteiger partial charge in [0, 0.05) is 32.7 Å². The van der Waals surface area contributed by atoms with E-state index in [9.17, 15) is 14.7 Å². The van der Waals surface area contributed by atoms with Crippen molar-refractivity contribution >= 4 is 36.6 Å². The molecule has 0 radical (unpaired) electrons. The van der Waals surface area contributed by atoms with Gasteiger partial charge in [0.1, 0.15) is 5.75 Å². The number of benzene rings is 1. The number of hydrogen-bond donors (Lipinski definition) is 3. The van der Waals surface area contributed by atoms with E-state index in [-0.39, 0.29) is 55.5 Å². The summed E-state index contributed by atoms with van der Waals surface area (Å²) in [6.45, 7) is 3.46. The van der Waals surface area contributed by atoms with Gasteiger partial charge in [-0.2, -0.15) is 0 Å². The molecule has 0 atom stereocenters. The van der Waals surface area contributed by atoms with Gasteiger partial charge in [-0.1, -0.05) is 12.1 Å². The van der Waals surface area contributed by atoms with Gasteiger partial charge in [-0.05, 0) is 17.7 Å². The van der Waals surface area contributed by atoms with Crippen LogP contribution in [0.15, 0.2) is 24.3 Å². The highest BCUT2D eigenvalue weighted by Gasteiger charge is 2.21. The first kappa shape index (κ1) is 22.5. The number of aromatic hydroxyl groups is 1. The molecule has 0 aliphatic carbocycles. The Kier molecular flexibility index (Phi) is 10.4. The van der Waals surface area contributed by atoms with E-state index in [0.717, 1.165) is 25.2 Å². The van der Waals surface area contributed by atoms with E-state index in [2.05, 4.69) is 10.2 Å². The average Bonchev–Trinajstić information content (AvgIpc) is 2.53. The lowest BCUT2D eigenvalue weighted by Crippen LogP contribution is -2.51. The normalized spacial score (nSPS) is 14.3. The van der Waals surface area contributed by atoms with Gasteiger partial charge in [-0.3, -0.25) is 14.5 Å². The number of piperazine rings is 1. The fraction of sp³-hybridized carbons (Fsp3) is 0.467. The summed E-state index contributed by atoms with van der Waals surface area (Å²) in [6.07, 6.45) is 0. The minimum Gasteiger partial charge on any atom is -0.508 e. The van der Waals surface area contributed by atoms with Crippen molar-refractivity contribution in [2.45, 2.75) is 6.54 Å². The molecule has 1 aliphatic rings. The minimum atomic E-state index is -0.323. The molecular weight excluding hydrogens is 355 g/mol. The van der Waals surface area contributed by atoms with Crippen molar-refractivity contribution in [1.82, 2.24) is 15.1 Å². The standard InChI is InChI=1S/C15H22N4O3.2ClH/c16-9-14(21)17-10-15(22)19-6-4-18(5-7-19)11-12-2-1-3-13(20)8-12;;/h1-3,8,20H,4-7,9-11,16H2,(H,17,21);2*1H. The van der Waals surface area contributed by atoms with E-state index in [1.165, 1.54) is 0 Å². The van der Waals surface area contributed by atoms with Gasteiger partial charge in [0.15, 0.2) is 0 Å². The van der Waals surface area contributed by atoms with Crippen molar-refractivity contribution in [1.29, 1.82) is 0 Å². The number of hydrogen-bond acceptors (Lipinski definition) is 5. The number of nitrogens with zero attached hydrogens (tertiary/aromatic N) is 2. The number of halogens is 2. The first-order valence-corrected chi connectivity index (χ1v) is 7.33. The Balaban J connectivity index is 0.00000264. The largest absolute Gasteiger partial charge is 0.508 e. The van der Waals surface area contributed by atoms with Crippen LogP contribution in [0.2, 0.25) is 0 Å². The molecule has 1 heterocycles. The molecule has 0 aromatic heterocycles. The molecule has 4 N–H and O–H groups in total. The molecule has 0 saturated carbocycles. The van der Waals surface area contributed by atoms with Crippen LogP contribution in [0, 0.1) is 0 Å². The molecule has 2 amide bonds. The van der Waals surface area contributed by atoms with E-state index in [1.54, 1.807) is 17.0 Å². The second kappa shape index (κ2) is 11.1. The third-order valence-corrected chi connectivity index (χ3v) is 3.66. The smallest absolute Gasteiger partial charge is 0.242 e.